The van der Waals surface area contributed by atoms with Gasteiger partial charge in [-0.15, -0.1) is 0 Å². The quantitative estimate of drug-likeness (QED) is 0.386. The van der Waals surface area contributed by atoms with Crippen LogP contribution in [0.3, 0.4) is 0 Å². The molecule has 0 saturated heterocycles. The van der Waals surface area contributed by atoms with Crippen LogP contribution in [-0.2, 0) is 4.74 Å². The highest BCUT2D eigenvalue weighted by molar-refractivity contribution is 5.77. The Morgan fingerprint density at radius 1 is 1.86 bits per heavy atom. The van der Waals surface area contributed by atoms with E-state index in [0.29, 0.717) is 5.69 Å². The molecule has 1 N–H and O–H groups in total. The topological polar surface area (TPSA) is 104 Å². The van der Waals surface area contributed by atoms with E-state index < -0.39 is 6.09 Å². The predicted molar refractivity (Wildman–Crippen MR) is 43.3 cm³/mol. The number of nitrogens with zero attached hydrogens (tertiary/aromatic N) is 3. The van der Waals surface area contributed by atoms with Gasteiger partial charge in [-0.05, 0) is 4.90 Å². The van der Waals surface area contributed by atoms with E-state index in [1.165, 1.54) is 7.11 Å². The highest BCUT2D eigenvalue weighted by Crippen LogP contribution is 1.93. The summed E-state index contributed by atoms with van der Waals surface area (Å²) in [5, 5.41) is 17.6. The van der Waals surface area contributed by atoms with Crippen molar-refractivity contribution in [1.29, 1.82) is 0 Å². The molecule has 76 valence electrons. The van der Waals surface area contributed by atoms with Crippen LogP contribution in [-0.4, -0.2) is 24.6 Å². The molecule has 0 aliphatic carbocycles. The molecular weight excluding hydrogens is 192 g/mol. The smallest absolute Gasteiger partial charge is 0.427 e. The van der Waals surface area contributed by atoms with Crippen molar-refractivity contribution in [2.45, 2.75) is 6.92 Å². The van der Waals surface area contributed by atoms with Gasteiger partial charge in [-0.2, -0.15) is 5.10 Å². The van der Waals surface area contributed by atoms with Crippen molar-refractivity contribution in [2.24, 2.45) is 5.10 Å². The number of carbonyl (C=O) groups is 1. The van der Waals surface area contributed by atoms with E-state index in [-0.39, 0.29) is 10.6 Å². The molecule has 0 atom stereocenters. The van der Waals surface area contributed by atoms with Crippen LogP contribution in [0.25, 0.3) is 0 Å². The molecule has 1 rings (SSSR count). The number of amides is 1. The number of hydrazone groups is 1. The molecule has 0 radical (unpaired) electrons. The highest BCUT2D eigenvalue weighted by Gasteiger charge is 2.11. The number of hydrogen-bond acceptors (Lipinski definition) is 6. The number of ether oxygens (including phenoxy) is 1. The minimum Gasteiger partial charge on any atom is -0.452 e. The van der Waals surface area contributed by atoms with Gasteiger partial charge in [0.25, 0.3) is 0 Å². The fraction of sp³-hybridized carbons (Fsp3) is 0.333. The average Bonchev–Trinajstić information content (AvgIpc) is 2.48. The van der Waals surface area contributed by atoms with Gasteiger partial charge >= 0.3 is 6.09 Å². The minimum absolute atomic E-state index is 0.112. The van der Waals surface area contributed by atoms with E-state index >= 15 is 0 Å². The molecular formula is C6H8N4O4. The SMILES string of the molecule is COC(=O)N/N=C/c1c(C)no[n+]1[O-]. The average molecular weight is 200 g/mol. The van der Waals surface area contributed by atoms with Gasteiger partial charge in [0.05, 0.1) is 7.11 Å². The van der Waals surface area contributed by atoms with Crippen molar-refractivity contribution in [3.05, 3.63) is 16.6 Å². The Morgan fingerprint density at radius 3 is 3.07 bits per heavy atom. The number of methoxy groups -OCH3 is 1. The molecule has 1 aromatic heterocycles. The Kier molecular flexibility index (Phi) is 3.00. The summed E-state index contributed by atoms with van der Waals surface area (Å²) in [6.07, 6.45) is 0.378. The van der Waals surface area contributed by atoms with Crippen molar-refractivity contribution >= 4 is 12.3 Å². The zero-order valence-corrected chi connectivity index (χ0v) is 7.55. The summed E-state index contributed by atoms with van der Waals surface area (Å²) in [5.74, 6) is 0. The number of hydrogen-bond donors (Lipinski definition) is 1. The molecule has 1 heterocycles. The molecule has 14 heavy (non-hydrogen) atoms. The van der Waals surface area contributed by atoms with E-state index in [9.17, 15) is 10.0 Å². The van der Waals surface area contributed by atoms with Crippen LogP contribution in [0.15, 0.2) is 9.73 Å². The molecule has 0 fully saturated rings. The molecule has 0 aromatic carbocycles. The largest absolute Gasteiger partial charge is 0.452 e. The van der Waals surface area contributed by atoms with Crippen molar-refractivity contribution < 1.29 is 19.1 Å². The third kappa shape index (κ3) is 2.19. The molecule has 1 amide bonds. The van der Waals surface area contributed by atoms with E-state index in [2.05, 4.69) is 19.6 Å². The zero-order chi connectivity index (χ0) is 10.6. The van der Waals surface area contributed by atoms with Gasteiger partial charge in [0.15, 0.2) is 0 Å². The summed E-state index contributed by atoms with van der Waals surface area (Å²) in [4.78, 5) is 10.7. The van der Waals surface area contributed by atoms with Crippen LogP contribution < -0.4 is 10.3 Å². The highest BCUT2D eigenvalue weighted by atomic mass is 16.8. The first kappa shape index (κ1) is 9.96. The Morgan fingerprint density at radius 2 is 2.57 bits per heavy atom. The van der Waals surface area contributed by atoms with Crippen molar-refractivity contribution in [3.8, 4) is 0 Å². The first-order valence-electron chi connectivity index (χ1n) is 3.58. The maximum atomic E-state index is 10.8. The lowest BCUT2D eigenvalue weighted by Crippen LogP contribution is -2.29. The lowest BCUT2D eigenvalue weighted by atomic mass is 10.4. The summed E-state index contributed by atoms with van der Waals surface area (Å²) in [6.45, 7) is 1.57. The van der Waals surface area contributed by atoms with Crippen molar-refractivity contribution in [2.75, 3.05) is 7.11 Å². The van der Waals surface area contributed by atoms with Gasteiger partial charge < -0.3 is 9.94 Å². The Bertz CT molecular complexity index is 339. The zero-order valence-electron chi connectivity index (χ0n) is 7.55. The number of nitrogens with one attached hydrogen (secondary N) is 1. The van der Waals surface area contributed by atoms with Crippen molar-refractivity contribution in [3.63, 3.8) is 0 Å². The van der Waals surface area contributed by atoms with E-state index in [1.54, 1.807) is 6.92 Å². The van der Waals surface area contributed by atoms with Crippen LogP contribution in [0.1, 0.15) is 11.4 Å². The third-order valence-corrected chi connectivity index (χ3v) is 1.35. The monoisotopic (exact) mass is 200 g/mol. The second-order valence-electron chi connectivity index (χ2n) is 2.26. The Hall–Kier alpha value is -2.12. The summed E-state index contributed by atoms with van der Waals surface area (Å²) < 4.78 is 8.50. The number of carbonyl (C=O) groups excluding carboxylic acids is 1. The van der Waals surface area contributed by atoms with Crippen molar-refractivity contribution in [1.82, 2.24) is 10.6 Å². The molecule has 8 nitrogen and oxygen atoms in total. The van der Waals surface area contributed by atoms with E-state index in [0.717, 1.165) is 6.21 Å². The minimum atomic E-state index is -0.729. The van der Waals surface area contributed by atoms with Crippen LogP contribution in [0.4, 0.5) is 4.79 Å². The second-order valence-corrected chi connectivity index (χ2v) is 2.26. The standard InChI is InChI=1S/C6H8N4O4/c1-4-5(10(12)14-9-4)3-7-8-6(11)13-2/h3H,1-2H3,(H,8,11)/b7-3+. The lowest BCUT2D eigenvalue weighted by Gasteiger charge is -1.93. The third-order valence-electron chi connectivity index (χ3n) is 1.35. The molecule has 0 spiro atoms. The molecule has 0 bridgehead atoms. The molecule has 8 heteroatoms. The van der Waals surface area contributed by atoms with Crippen LogP contribution in [0, 0.1) is 12.1 Å². The molecule has 0 aliphatic rings. The number of rotatable bonds is 2. The molecule has 0 unspecified atom stereocenters. The second kappa shape index (κ2) is 4.21. The summed E-state index contributed by atoms with van der Waals surface area (Å²) in [7, 11) is 1.20. The molecule has 1 aromatic rings. The summed E-state index contributed by atoms with van der Waals surface area (Å²) in [6, 6.07) is 0. The van der Waals surface area contributed by atoms with Gasteiger partial charge in [-0.3, -0.25) is 4.63 Å². The Labute approximate surface area is 78.7 Å². The van der Waals surface area contributed by atoms with Crippen LogP contribution >= 0.6 is 0 Å². The Balaban J connectivity index is 2.64. The van der Waals surface area contributed by atoms with Gasteiger partial charge in [0.1, 0.15) is 6.21 Å². The normalized spacial score (nSPS) is 10.4. The van der Waals surface area contributed by atoms with Gasteiger partial charge in [0, 0.05) is 12.1 Å². The first-order valence-corrected chi connectivity index (χ1v) is 3.58. The number of aromatic nitrogens is 2. The molecule has 0 aliphatic heterocycles. The van der Waals surface area contributed by atoms with Gasteiger partial charge in [0.2, 0.25) is 11.4 Å². The van der Waals surface area contributed by atoms with Gasteiger partial charge in [-0.1, -0.05) is 0 Å². The van der Waals surface area contributed by atoms with Crippen LogP contribution in [0.5, 0.6) is 0 Å². The maximum Gasteiger partial charge on any atom is 0.427 e. The maximum absolute atomic E-state index is 10.8. The fourth-order valence-corrected chi connectivity index (χ4v) is 0.653. The molecule has 0 saturated carbocycles. The summed E-state index contributed by atoms with van der Waals surface area (Å²) in [5.41, 5.74) is 2.49. The first-order chi connectivity index (χ1) is 6.65. The van der Waals surface area contributed by atoms with E-state index in [4.69, 9.17) is 0 Å². The van der Waals surface area contributed by atoms with E-state index in [1.807, 2.05) is 5.43 Å². The predicted octanol–water partition coefficient (Wildman–Crippen LogP) is -0.694. The summed E-state index contributed by atoms with van der Waals surface area (Å²) >= 11 is 0. The van der Waals surface area contributed by atoms with Crippen LogP contribution in [0.2, 0.25) is 0 Å². The fourth-order valence-electron chi connectivity index (χ4n) is 0.653. The lowest BCUT2D eigenvalue weighted by molar-refractivity contribution is -0.803. The van der Waals surface area contributed by atoms with Gasteiger partial charge in [-0.25, -0.2) is 10.2 Å². The number of aryl methyl sites for hydroxylation is 1.